The van der Waals surface area contributed by atoms with E-state index < -0.39 is 14.7 Å². The third-order valence-corrected chi connectivity index (χ3v) is 15.3. The third kappa shape index (κ3) is 3.78. The van der Waals surface area contributed by atoms with Crippen LogP contribution in [0.1, 0.15) is 64.2 Å². The molecule has 0 unspecified atom stereocenters. The van der Waals surface area contributed by atoms with Gasteiger partial charge in [-0.3, -0.25) is 0 Å². The van der Waals surface area contributed by atoms with E-state index in [2.05, 4.69) is 13.3 Å². The zero-order valence-corrected chi connectivity index (χ0v) is 16.5. The average Bonchev–Trinajstić information content (AvgIpc) is 2.56. The maximum absolute atomic E-state index is 12.8. The van der Waals surface area contributed by atoms with Crippen molar-refractivity contribution in [3.63, 3.8) is 0 Å². The van der Waals surface area contributed by atoms with Crippen LogP contribution in [-0.4, -0.2) is 38.9 Å². The van der Waals surface area contributed by atoms with E-state index in [4.69, 9.17) is 13.4 Å². The van der Waals surface area contributed by atoms with E-state index in [1.165, 1.54) is 78.4 Å². The summed E-state index contributed by atoms with van der Waals surface area (Å²) in [5.41, 5.74) is 1.09. The van der Waals surface area contributed by atoms with Gasteiger partial charge in [0.15, 0.2) is 0 Å². The molecule has 4 nitrogen and oxygen atoms in total. The van der Waals surface area contributed by atoms with Crippen molar-refractivity contribution in [2.45, 2.75) is 75.5 Å². The minimum atomic E-state index is -3.44. The molecular formula is C16H34O4P2. The predicted molar refractivity (Wildman–Crippen MR) is 95.2 cm³/mol. The van der Waals surface area contributed by atoms with Crippen molar-refractivity contribution < 1.29 is 17.9 Å². The van der Waals surface area contributed by atoms with Gasteiger partial charge in [-0.2, -0.15) is 0 Å². The molecule has 0 N–H and O–H groups in total. The van der Waals surface area contributed by atoms with Crippen LogP contribution in [0, 0.1) is 0 Å². The molecule has 0 spiro atoms. The Kier molecular flexibility index (Phi) is 6.17. The Labute approximate surface area is 136 Å². The standard InChI is InChI=1S/C16H34O4P2/c1-18-21(17,19-2)20-22(3,4,15-11-7-5-8-12-15)16-13-9-6-10-14-16/h15-16H,5-14H2,1-4H3. The first-order chi connectivity index (χ1) is 10.3. The fourth-order valence-electron chi connectivity index (χ4n) is 4.59. The van der Waals surface area contributed by atoms with Gasteiger partial charge in [0.25, 0.3) is 0 Å². The molecule has 0 aliphatic heterocycles. The summed E-state index contributed by atoms with van der Waals surface area (Å²) in [5.74, 6) is 0. The third-order valence-electron chi connectivity index (χ3n) is 6.13. The topological polar surface area (TPSA) is 44.8 Å². The molecule has 2 rings (SSSR count). The van der Waals surface area contributed by atoms with E-state index in [1.54, 1.807) is 0 Å². The van der Waals surface area contributed by atoms with Crippen LogP contribution < -0.4 is 0 Å². The minimum absolute atomic E-state index is 0.543. The number of hydrogen-bond acceptors (Lipinski definition) is 4. The Morgan fingerprint density at radius 2 is 1.14 bits per heavy atom. The van der Waals surface area contributed by atoms with Crippen LogP contribution in [0.4, 0.5) is 0 Å². The molecule has 0 saturated heterocycles. The number of phosphoric ester groups is 1. The second kappa shape index (κ2) is 7.19. The zero-order chi connectivity index (χ0) is 16.3. The van der Waals surface area contributed by atoms with Crippen LogP contribution in [0.3, 0.4) is 0 Å². The fraction of sp³-hybridized carbons (Fsp3) is 1.00. The van der Waals surface area contributed by atoms with Crippen molar-refractivity contribution in [2.24, 2.45) is 0 Å². The van der Waals surface area contributed by atoms with E-state index >= 15 is 0 Å². The first-order valence-corrected chi connectivity index (χ1v) is 13.4. The monoisotopic (exact) mass is 352 g/mol. The van der Waals surface area contributed by atoms with E-state index in [9.17, 15) is 4.57 Å². The van der Waals surface area contributed by atoms with E-state index in [1.807, 2.05) is 0 Å². The van der Waals surface area contributed by atoms with Gasteiger partial charge in [-0.15, -0.1) is 0 Å². The molecule has 22 heavy (non-hydrogen) atoms. The van der Waals surface area contributed by atoms with E-state index in [0.29, 0.717) is 11.3 Å². The summed E-state index contributed by atoms with van der Waals surface area (Å²) in [5, 5.41) is 0. The van der Waals surface area contributed by atoms with Gasteiger partial charge in [-0.05, 0) is 0 Å². The van der Waals surface area contributed by atoms with Crippen molar-refractivity contribution in [1.82, 2.24) is 0 Å². The van der Waals surface area contributed by atoms with Crippen molar-refractivity contribution in [1.29, 1.82) is 0 Å². The molecule has 2 fully saturated rings. The van der Waals surface area contributed by atoms with Crippen molar-refractivity contribution in [2.75, 3.05) is 27.5 Å². The SMILES string of the molecule is COP(=O)(OC)OP(C)(C)(C1CCCCC1)C1CCCCC1. The summed E-state index contributed by atoms with van der Waals surface area (Å²) in [6.45, 7) is 1.98. The van der Waals surface area contributed by atoms with E-state index in [-0.39, 0.29) is 0 Å². The quantitative estimate of drug-likeness (QED) is 0.567. The molecule has 0 aromatic carbocycles. The summed E-state index contributed by atoms with van der Waals surface area (Å²) >= 11 is 0. The molecule has 0 aromatic heterocycles. The summed E-state index contributed by atoms with van der Waals surface area (Å²) in [6, 6.07) is 0. The van der Waals surface area contributed by atoms with Crippen LogP contribution in [0.2, 0.25) is 0 Å². The van der Waals surface area contributed by atoms with Crippen LogP contribution >= 0.6 is 14.7 Å². The van der Waals surface area contributed by atoms with Gasteiger partial charge in [-0.1, -0.05) is 0 Å². The molecule has 0 bridgehead atoms. The molecule has 0 heterocycles. The van der Waals surface area contributed by atoms with Crippen LogP contribution in [-0.2, 0) is 17.9 Å². The second-order valence-corrected chi connectivity index (χ2v) is 15.8. The molecule has 6 heteroatoms. The molecule has 0 aromatic rings. The van der Waals surface area contributed by atoms with Crippen molar-refractivity contribution in [3.05, 3.63) is 0 Å². The van der Waals surface area contributed by atoms with Gasteiger partial charge in [0.05, 0.1) is 0 Å². The number of rotatable bonds is 6. The number of phosphoric acid groups is 1. The molecule has 0 radical (unpaired) electrons. The first kappa shape index (κ1) is 18.9. The maximum atomic E-state index is 12.8. The van der Waals surface area contributed by atoms with Gasteiger partial charge in [-0.25, -0.2) is 0 Å². The summed E-state index contributed by atoms with van der Waals surface area (Å²) in [6.07, 6.45) is 12.5. The zero-order valence-electron chi connectivity index (χ0n) is 14.8. The summed E-state index contributed by atoms with van der Waals surface area (Å²) < 4.78 is 29.6. The second-order valence-electron chi connectivity index (χ2n) is 7.68. The molecule has 2 aliphatic rings. The van der Waals surface area contributed by atoms with Crippen LogP contribution in [0.15, 0.2) is 0 Å². The molecular weight excluding hydrogens is 318 g/mol. The predicted octanol–water partition coefficient (Wildman–Crippen LogP) is 5.80. The van der Waals surface area contributed by atoms with Crippen molar-refractivity contribution in [3.8, 4) is 0 Å². The van der Waals surface area contributed by atoms with Gasteiger partial charge in [0, 0.05) is 0 Å². The Bertz CT molecular complexity index is 382. The first-order valence-electron chi connectivity index (χ1n) is 8.77. The summed E-state index contributed by atoms with van der Waals surface area (Å²) in [7, 11) is -0.577. The fourth-order valence-corrected chi connectivity index (χ4v) is 13.3. The van der Waals surface area contributed by atoms with Gasteiger partial charge < -0.3 is 0 Å². The molecule has 0 amide bonds. The van der Waals surface area contributed by atoms with Gasteiger partial charge in [0.1, 0.15) is 0 Å². The molecule has 0 atom stereocenters. The normalized spacial score (nSPS) is 24.8. The molecule has 2 saturated carbocycles. The summed E-state index contributed by atoms with van der Waals surface area (Å²) in [4.78, 5) is 0. The Morgan fingerprint density at radius 1 is 0.773 bits per heavy atom. The van der Waals surface area contributed by atoms with E-state index in [0.717, 1.165) is 0 Å². The van der Waals surface area contributed by atoms with Gasteiger partial charge in [0.2, 0.25) is 0 Å². The molecule has 132 valence electrons. The van der Waals surface area contributed by atoms with Gasteiger partial charge >= 0.3 is 136 Å². The Morgan fingerprint density at radius 3 is 1.45 bits per heavy atom. The van der Waals surface area contributed by atoms with Crippen LogP contribution in [0.25, 0.3) is 0 Å². The average molecular weight is 352 g/mol. The van der Waals surface area contributed by atoms with Crippen molar-refractivity contribution >= 4 is 14.7 Å². The molecule has 2 aliphatic carbocycles. The van der Waals surface area contributed by atoms with Crippen LogP contribution in [0.5, 0.6) is 0 Å². The number of hydrogen-bond donors (Lipinski definition) is 0. The Balaban J connectivity index is 2.35. The Hall–Kier alpha value is 0.540.